The number of ether oxygens (including phenoxy) is 4. The number of fused-ring (bicyclic) bond motifs is 2. The van der Waals surface area contributed by atoms with E-state index >= 15 is 0 Å². The van der Waals surface area contributed by atoms with Gasteiger partial charge >= 0.3 is 0 Å². The number of aromatic nitrogens is 1. The lowest BCUT2D eigenvalue weighted by Crippen LogP contribution is -2.29. The molecule has 1 aromatic heterocycles. The quantitative estimate of drug-likeness (QED) is 0.240. The van der Waals surface area contributed by atoms with Gasteiger partial charge in [0, 0.05) is 39.6 Å². The average Bonchev–Trinajstić information content (AvgIpc) is 3.50. The molecule has 2 aliphatic heterocycles. The van der Waals surface area contributed by atoms with Crippen molar-refractivity contribution >= 4 is 21.6 Å². The first-order valence-corrected chi connectivity index (χ1v) is 18.5. The largest absolute Gasteiger partial charge is 0.449 e. The van der Waals surface area contributed by atoms with Crippen molar-refractivity contribution in [2.75, 3.05) is 5.75 Å². The van der Waals surface area contributed by atoms with Crippen LogP contribution in [0.3, 0.4) is 0 Å². The summed E-state index contributed by atoms with van der Waals surface area (Å²) in [5.74, 6) is 3.54. The zero-order valence-electron chi connectivity index (χ0n) is 29.7. The van der Waals surface area contributed by atoms with E-state index in [1.165, 1.54) is 24.0 Å². The van der Waals surface area contributed by atoms with Gasteiger partial charge < -0.3 is 18.9 Å². The Balaban J connectivity index is -0.0000000777. The molecule has 0 atom stereocenters. The van der Waals surface area contributed by atoms with E-state index in [9.17, 15) is 0 Å². The van der Waals surface area contributed by atoms with Gasteiger partial charge in [0.05, 0.1) is 0 Å². The van der Waals surface area contributed by atoms with E-state index in [-0.39, 0.29) is 52.0 Å². The minimum Gasteiger partial charge on any atom is -0.449 e. The molecule has 5 nitrogen and oxygen atoms in total. The van der Waals surface area contributed by atoms with Gasteiger partial charge in [0.25, 0.3) is 0 Å². The normalized spacial score (nSPS) is 11.6. The van der Waals surface area contributed by atoms with Crippen LogP contribution in [-0.2, 0) is 12.8 Å². The lowest BCUT2D eigenvalue weighted by molar-refractivity contribution is -0.0437. The van der Waals surface area contributed by atoms with Crippen LogP contribution in [0.25, 0.3) is 0 Å². The molecule has 0 amide bonds. The van der Waals surface area contributed by atoms with E-state index in [1.54, 1.807) is 10.8 Å². The van der Waals surface area contributed by atoms with Gasteiger partial charge in [0.1, 0.15) is 5.03 Å². The van der Waals surface area contributed by atoms with E-state index in [4.69, 9.17) is 18.9 Å². The fourth-order valence-electron chi connectivity index (χ4n) is 3.49. The summed E-state index contributed by atoms with van der Waals surface area (Å²) in [6.45, 7) is 26.6. The van der Waals surface area contributed by atoms with Crippen LogP contribution in [0.15, 0.2) is 65.8 Å². The van der Waals surface area contributed by atoms with Crippen molar-refractivity contribution in [3.05, 3.63) is 71.9 Å². The Kier molecular flexibility index (Phi) is 48.7. The zero-order valence-corrected chi connectivity index (χ0v) is 31.3. The van der Waals surface area contributed by atoms with Crippen molar-refractivity contribution in [1.29, 1.82) is 0 Å². The topological polar surface area (TPSA) is 49.8 Å². The maximum atomic E-state index is 5.61. The third kappa shape index (κ3) is 27.8. The molecular weight excluding hydrogens is 671 g/mol. The number of benzene rings is 2. The van der Waals surface area contributed by atoms with Gasteiger partial charge in [-0.15, -0.1) is 0 Å². The summed E-state index contributed by atoms with van der Waals surface area (Å²) in [7, 11) is 3.54. The predicted molar refractivity (Wildman–Crippen MR) is 241 cm³/mol. The number of rotatable bonds is 5. The second-order valence-corrected chi connectivity index (χ2v) is 13.2. The molecule has 0 saturated heterocycles. The van der Waals surface area contributed by atoms with Crippen molar-refractivity contribution in [3.63, 3.8) is 0 Å². The van der Waals surface area contributed by atoms with Crippen molar-refractivity contribution in [2.24, 2.45) is 0 Å². The number of aryl methyl sites for hydroxylation is 2. The highest BCUT2D eigenvalue weighted by atomic mass is 33.1. The Morgan fingerprint density at radius 3 is 1.18 bits per heavy atom. The lowest BCUT2D eigenvalue weighted by atomic mass is 10.1. The summed E-state index contributed by atoms with van der Waals surface area (Å²) in [4.78, 5) is 4.16. The first-order valence-electron chi connectivity index (χ1n) is 16.2. The van der Waals surface area contributed by atoms with Crippen LogP contribution in [0, 0.1) is 0 Å². The van der Waals surface area contributed by atoms with Crippen molar-refractivity contribution in [2.45, 2.75) is 184 Å². The maximum Gasteiger partial charge on any atom is 0.246 e. The SMILES string of the molecule is C.C.C.C.C.C.C.CC.CCC.CCC.CCSSc1ccccn1.CCc1ccc2c(c1)OC(C)(C)O2.CCc1ccc2c(c1)OC(C)(C)O2. The molecule has 0 radical (unpaired) electrons. The standard InChI is InChI=1S/2C11H14O2.C7H9NS2.2C3H8.C2H6.7CH4/c2*1-4-8-5-6-9-10(7-8)13-11(2,3)12-9;1-2-9-10-7-5-3-4-6-8-7;2*1-3-2;1-2;;;;;;;/h2*5-7H,4H2,1-3H3;3-6H,2H2,1H3;2*3H2,1-2H3;1-2H3;7*1H4. The number of hydrogen-bond acceptors (Lipinski definition) is 7. The van der Waals surface area contributed by atoms with E-state index in [2.05, 4.69) is 65.6 Å². The second-order valence-electron chi connectivity index (χ2n) is 10.5. The molecule has 5 rings (SSSR count). The van der Waals surface area contributed by atoms with E-state index in [0.29, 0.717) is 0 Å². The molecule has 3 aromatic rings. The Bertz CT molecular complexity index is 1090. The molecule has 0 bridgehead atoms. The summed E-state index contributed by atoms with van der Waals surface area (Å²) in [6.07, 6.45) is 6.37. The monoisotopic (exact) mass is 758 g/mol. The van der Waals surface area contributed by atoms with Crippen LogP contribution >= 0.6 is 21.6 Å². The Hall–Kier alpha value is -2.51. The van der Waals surface area contributed by atoms with Crippen molar-refractivity contribution < 1.29 is 18.9 Å². The first-order chi connectivity index (χ1) is 21.0. The van der Waals surface area contributed by atoms with Crippen LogP contribution < -0.4 is 18.9 Å². The molecule has 7 heteroatoms. The predicted octanol–water partition coefficient (Wildman–Crippen LogP) is 16.7. The highest BCUT2D eigenvalue weighted by Crippen LogP contribution is 2.40. The third-order valence-corrected chi connectivity index (χ3v) is 7.49. The fraction of sp³-hybridized carbons (Fsp3) is 0.614. The van der Waals surface area contributed by atoms with E-state index in [1.807, 2.05) is 101 Å². The van der Waals surface area contributed by atoms with Gasteiger partial charge in [-0.25, -0.2) is 4.98 Å². The molecule has 0 saturated carbocycles. The lowest BCUT2D eigenvalue weighted by Gasteiger charge is -2.16. The van der Waals surface area contributed by atoms with Gasteiger partial charge in [-0.2, -0.15) is 0 Å². The zero-order chi connectivity index (χ0) is 33.6. The molecule has 0 unspecified atom stereocenters. The summed E-state index contributed by atoms with van der Waals surface area (Å²) in [5.41, 5.74) is 2.56. The third-order valence-electron chi connectivity index (χ3n) is 5.16. The molecule has 304 valence electrons. The molecule has 0 fully saturated rings. The minimum atomic E-state index is -0.505. The fourth-order valence-corrected chi connectivity index (χ4v) is 4.98. The second kappa shape index (κ2) is 37.3. The smallest absolute Gasteiger partial charge is 0.246 e. The van der Waals surface area contributed by atoms with E-state index in [0.717, 1.165) is 46.6 Å². The highest BCUT2D eigenvalue weighted by Gasteiger charge is 2.32. The molecule has 0 spiro atoms. The number of nitrogens with zero attached hydrogens (tertiary/aromatic N) is 1. The molecule has 0 N–H and O–H groups in total. The van der Waals surface area contributed by atoms with Crippen molar-refractivity contribution in [3.8, 4) is 23.0 Å². The van der Waals surface area contributed by atoms with Crippen LogP contribution in [0.2, 0.25) is 0 Å². The average molecular weight is 758 g/mol. The molecule has 3 heterocycles. The van der Waals surface area contributed by atoms with Gasteiger partial charge in [-0.3, -0.25) is 0 Å². The van der Waals surface area contributed by atoms with Crippen LogP contribution in [0.4, 0.5) is 0 Å². The Morgan fingerprint density at radius 2 is 0.882 bits per heavy atom. The Labute approximate surface area is 329 Å². The van der Waals surface area contributed by atoms with E-state index < -0.39 is 11.6 Å². The summed E-state index contributed by atoms with van der Waals surface area (Å²) in [6, 6.07) is 18.1. The molecule has 51 heavy (non-hydrogen) atoms. The first kappa shape index (κ1) is 66.7. The highest BCUT2D eigenvalue weighted by molar-refractivity contribution is 8.76. The van der Waals surface area contributed by atoms with Crippen molar-refractivity contribution in [1.82, 2.24) is 4.98 Å². The Morgan fingerprint density at radius 1 is 0.529 bits per heavy atom. The molecule has 0 aliphatic carbocycles. The van der Waals surface area contributed by atoms with Gasteiger partial charge in [0.15, 0.2) is 23.0 Å². The molecular formula is C44H87NO4S2. The van der Waals surface area contributed by atoms with Crippen LogP contribution in [-0.4, -0.2) is 22.3 Å². The summed E-state index contributed by atoms with van der Waals surface area (Å²) < 4.78 is 22.4. The van der Waals surface area contributed by atoms with Crippen LogP contribution in [0.1, 0.15) is 166 Å². The van der Waals surface area contributed by atoms with Gasteiger partial charge in [-0.05, 0) is 71.2 Å². The summed E-state index contributed by atoms with van der Waals surface area (Å²) in [5, 5.41) is 1.09. The number of pyridine rings is 1. The summed E-state index contributed by atoms with van der Waals surface area (Å²) >= 11 is 0. The molecule has 2 aliphatic rings. The maximum absolute atomic E-state index is 5.61. The van der Waals surface area contributed by atoms with Crippen LogP contribution in [0.5, 0.6) is 23.0 Å². The van der Waals surface area contributed by atoms with Gasteiger partial charge in [0.2, 0.25) is 11.6 Å². The minimum absolute atomic E-state index is 0. The number of hydrogen-bond donors (Lipinski definition) is 0. The molecule has 2 aromatic carbocycles. The van der Waals surface area contributed by atoms with Gasteiger partial charge in [-0.1, -0.05) is 156 Å².